The average Bonchev–Trinajstić information content (AvgIpc) is 2.49. The van der Waals surface area contributed by atoms with Crippen LogP contribution in [0.2, 0.25) is 0 Å². The van der Waals surface area contributed by atoms with Crippen LogP contribution < -0.4 is 10.5 Å². The van der Waals surface area contributed by atoms with E-state index in [9.17, 15) is 4.39 Å². The Morgan fingerprint density at radius 1 is 1.19 bits per heavy atom. The molecule has 0 radical (unpaired) electrons. The first kappa shape index (κ1) is 16.0. The molecule has 21 heavy (non-hydrogen) atoms. The highest BCUT2D eigenvalue weighted by Crippen LogP contribution is 2.19. The van der Waals surface area contributed by atoms with Crippen LogP contribution >= 0.6 is 15.9 Å². The molecule has 0 bridgehead atoms. The summed E-state index contributed by atoms with van der Waals surface area (Å²) in [6.45, 7) is 2.29. The molecular weight excluding hydrogens is 333 g/mol. The summed E-state index contributed by atoms with van der Waals surface area (Å²) in [6.07, 6.45) is 1.82. The first-order valence-corrected chi connectivity index (χ1v) is 7.79. The molecule has 0 spiro atoms. The van der Waals surface area contributed by atoms with Crippen LogP contribution in [0.3, 0.4) is 0 Å². The van der Waals surface area contributed by atoms with Crippen molar-refractivity contribution in [1.82, 2.24) is 0 Å². The zero-order valence-corrected chi connectivity index (χ0v) is 13.6. The Hall–Kier alpha value is -1.39. The summed E-state index contributed by atoms with van der Waals surface area (Å²) in [5.74, 6) is 0.465. The summed E-state index contributed by atoms with van der Waals surface area (Å²) in [6, 6.07) is 12.8. The van der Waals surface area contributed by atoms with Crippen LogP contribution in [0.1, 0.15) is 24.5 Å². The van der Waals surface area contributed by atoms with Crippen LogP contribution in [0, 0.1) is 5.82 Å². The first-order valence-electron chi connectivity index (χ1n) is 6.99. The normalized spacial score (nSPS) is 12.2. The predicted octanol–water partition coefficient (Wildman–Crippen LogP) is 4.45. The molecular formula is C17H19BrFNO. The lowest BCUT2D eigenvalue weighted by Gasteiger charge is -2.10. The van der Waals surface area contributed by atoms with E-state index in [-0.39, 0.29) is 18.5 Å². The minimum Gasteiger partial charge on any atom is -0.489 e. The van der Waals surface area contributed by atoms with Gasteiger partial charge in [-0.05, 0) is 48.7 Å². The maximum Gasteiger partial charge on any atom is 0.129 e. The van der Waals surface area contributed by atoms with Crippen LogP contribution in [0.15, 0.2) is 46.9 Å². The number of benzene rings is 2. The van der Waals surface area contributed by atoms with Gasteiger partial charge in [0.05, 0.1) is 0 Å². The molecule has 0 fully saturated rings. The summed E-state index contributed by atoms with van der Waals surface area (Å²) in [5, 5.41) is 0. The Bertz CT molecular complexity index is 586. The molecule has 0 saturated carbocycles. The Labute approximate surface area is 133 Å². The predicted molar refractivity (Wildman–Crippen MR) is 86.8 cm³/mol. The summed E-state index contributed by atoms with van der Waals surface area (Å²) in [7, 11) is 0. The molecule has 0 saturated heterocycles. The van der Waals surface area contributed by atoms with E-state index in [1.54, 1.807) is 12.1 Å². The van der Waals surface area contributed by atoms with Gasteiger partial charge in [0.2, 0.25) is 0 Å². The second-order valence-electron chi connectivity index (χ2n) is 5.04. The Kier molecular flexibility index (Phi) is 5.76. The van der Waals surface area contributed by atoms with E-state index in [0.717, 1.165) is 23.1 Å². The summed E-state index contributed by atoms with van der Waals surface area (Å²) < 4.78 is 20.1. The summed E-state index contributed by atoms with van der Waals surface area (Å²) in [4.78, 5) is 0. The van der Waals surface area contributed by atoms with Gasteiger partial charge in [0, 0.05) is 16.1 Å². The van der Waals surface area contributed by atoms with Gasteiger partial charge >= 0.3 is 0 Å². The molecule has 0 aromatic heterocycles. The highest BCUT2D eigenvalue weighted by Gasteiger charge is 2.05. The lowest BCUT2D eigenvalue weighted by Crippen LogP contribution is -2.21. The molecule has 2 rings (SSSR count). The fourth-order valence-corrected chi connectivity index (χ4v) is 2.39. The van der Waals surface area contributed by atoms with Crippen molar-refractivity contribution >= 4 is 15.9 Å². The van der Waals surface area contributed by atoms with Crippen LogP contribution in [0.25, 0.3) is 0 Å². The fraction of sp³-hybridized carbons (Fsp3) is 0.294. The van der Waals surface area contributed by atoms with Crippen LogP contribution in [-0.4, -0.2) is 6.04 Å². The maximum absolute atomic E-state index is 13.6. The average molecular weight is 352 g/mol. The molecule has 2 nitrogen and oxygen atoms in total. The van der Waals surface area contributed by atoms with Crippen molar-refractivity contribution in [2.75, 3.05) is 0 Å². The minimum absolute atomic E-state index is 0.188. The lowest BCUT2D eigenvalue weighted by atomic mass is 10.0. The zero-order valence-electron chi connectivity index (χ0n) is 12.0. The third kappa shape index (κ3) is 4.83. The van der Waals surface area contributed by atoms with Gasteiger partial charge in [-0.25, -0.2) is 4.39 Å². The summed E-state index contributed by atoms with van der Waals surface area (Å²) >= 11 is 3.33. The number of ether oxygens (including phenoxy) is 1. The van der Waals surface area contributed by atoms with Gasteiger partial charge in [0.1, 0.15) is 18.2 Å². The molecule has 2 aromatic rings. The van der Waals surface area contributed by atoms with Gasteiger partial charge in [0.15, 0.2) is 0 Å². The van der Waals surface area contributed by atoms with Gasteiger partial charge in [0.25, 0.3) is 0 Å². The van der Waals surface area contributed by atoms with Crippen molar-refractivity contribution in [3.05, 3.63) is 63.9 Å². The van der Waals surface area contributed by atoms with E-state index >= 15 is 0 Å². The number of hydrogen-bond donors (Lipinski definition) is 1. The number of hydrogen-bond acceptors (Lipinski definition) is 2. The molecule has 2 aromatic carbocycles. The molecule has 1 atom stereocenters. The SMILES string of the molecule is CCC(N)Cc1ccc(OCc2cc(Br)ccc2F)cc1. The highest BCUT2D eigenvalue weighted by atomic mass is 79.9. The van der Waals surface area contributed by atoms with Crippen molar-refractivity contribution in [3.8, 4) is 5.75 Å². The van der Waals surface area contributed by atoms with Gasteiger partial charge in [-0.15, -0.1) is 0 Å². The van der Waals surface area contributed by atoms with E-state index in [1.165, 1.54) is 11.6 Å². The van der Waals surface area contributed by atoms with Gasteiger partial charge < -0.3 is 10.5 Å². The van der Waals surface area contributed by atoms with E-state index in [0.29, 0.717) is 5.56 Å². The molecule has 0 heterocycles. The first-order chi connectivity index (χ1) is 10.1. The smallest absolute Gasteiger partial charge is 0.129 e. The topological polar surface area (TPSA) is 35.2 Å². The van der Waals surface area contributed by atoms with E-state index in [1.807, 2.05) is 24.3 Å². The van der Waals surface area contributed by atoms with Gasteiger partial charge in [-0.2, -0.15) is 0 Å². The van der Waals surface area contributed by atoms with Crippen molar-refractivity contribution in [2.45, 2.75) is 32.4 Å². The molecule has 0 aliphatic carbocycles. The Morgan fingerprint density at radius 3 is 2.57 bits per heavy atom. The molecule has 0 aliphatic rings. The molecule has 0 amide bonds. The maximum atomic E-state index is 13.6. The third-order valence-electron chi connectivity index (χ3n) is 3.35. The van der Waals surface area contributed by atoms with E-state index < -0.39 is 0 Å². The van der Waals surface area contributed by atoms with Crippen LogP contribution in [0.4, 0.5) is 4.39 Å². The third-order valence-corrected chi connectivity index (χ3v) is 3.84. The fourth-order valence-electron chi connectivity index (χ4n) is 1.98. The van der Waals surface area contributed by atoms with Crippen molar-refractivity contribution in [2.24, 2.45) is 5.73 Å². The van der Waals surface area contributed by atoms with Gasteiger partial charge in [-0.3, -0.25) is 0 Å². The number of halogens is 2. The standard InChI is InChI=1S/C17H19BrFNO/c1-2-15(20)9-12-3-6-16(7-4-12)21-11-13-10-14(18)5-8-17(13)19/h3-8,10,15H,2,9,11,20H2,1H3. The second-order valence-corrected chi connectivity index (χ2v) is 5.96. The molecule has 0 aliphatic heterocycles. The van der Waals surface area contributed by atoms with E-state index in [2.05, 4.69) is 22.9 Å². The molecule has 2 N–H and O–H groups in total. The van der Waals surface area contributed by atoms with E-state index in [4.69, 9.17) is 10.5 Å². The van der Waals surface area contributed by atoms with Gasteiger partial charge in [-0.1, -0.05) is 35.0 Å². The molecule has 112 valence electrons. The Balaban J connectivity index is 1.96. The molecule has 1 unspecified atom stereocenters. The summed E-state index contributed by atoms with van der Waals surface area (Å²) in [5.41, 5.74) is 7.65. The number of nitrogens with two attached hydrogens (primary N) is 1. The second kappa shape index (κ2) is 7.57. The monoisotopic (exact) mass is 351 g/mol. The molecule has 4 heteroatoms. The minimum atomic E-state index is -0.260. The van der Waals surface area contributed by atoms with Crippen LogP contribution in [-0.2, 0) is 13.0 Å². The Morgan fingerprint density at radius 2 is 1.90 bits per heavy atom. The van der Waals surface area contributed by atoms with Crippen molar-refractivity contribution < 1.29 is 9.13 Å². The quantitative estimate of drug-likeness (QED) is 0.834. The largest absolute Gasteiger partial charge is 0.489 e. The number of rotatable bonds is 6. The van der Waals surface area contributed by atoms with Crippen molar-refractivity contribution in [3.63, 3.8) is 0 Å². The van der Waals surface area contributed by atoms with Crippen molar-refractivity contribution in [1.29, 1.82) is 0 Å². The highest BCUT2D eigenvalue weighted by molar-refractivity contribution is 9.10. The van der Waals surface area contributed by atoms with Crippen LogP contribution in [0.5, 0.6) is 5.75 Å². The lowest BCUT2D eigenvalue weighted by molar-refractivity contribution is 0.299. The zero-order chi connectivity index (χ0) is 15.2.